The standard InChI is InChI=1S/C18H30N4O2.HI/c1-4-19-18(20-11-13-24-5-2)21-15-10-12-22(14-15)16-8-6-7-9-17(16)23-3;/h6-9,15H,4-5,10-14H2,1-3H3,(H2,19,20,21);1H. The summed E-state index contributed by atoms with van der Waals surface area (Å²) in [4.78, 5) is 6.93. The van der Waals surface area contributed by atoms with Crippen LogP contribution in [0.25, 0.3) is 0 Å². The maximum Gasteiger partial charge on any atom is 0.191 e. The van der Waals surface area contributed by atoms with E-state index in [0.29, 0.717) is 19.2 Å². The van der Waals surface area contributed by atoms with E-state index < -0.39 is 0 Å². The van der Waals surface area contributed by atoms with E-state index in [1.54, 1.807) is 7.11 Å². The van der Waals surface area contributed by atoms with Crippen molar-refractivity contribution < 1.29 is 9.47 Å². The van der Waals surface area contributed by atoms with Crippen molar-refractivity contribution in [2.45, 2.75) is 26.3 Å². The van der Waals surface area contributed by atoms with Crippen LogP contribution in [0.1, 0.15) is 20.3 Å². The Kier molecular flexibility index (Phi) is 10.6. The fourth-order valence-corrected chi connectivity index (χ4v) is 2.87. The molecular weight excluding hydrogens is 431 g/mol. The molecule has 1 aromatic rings. The van der Waals surface area contributed by atoms with Crippen molar-refractivity contribution in [2.75, 3.05) is 51.4 Å². The van der Waals surface area contributed by atoms with Crippen molar-refractivity contribution in [1.29, 1.82) is 0 Å². The molecule has 1 aromatic carbocycles. The maximum absolute atomic E-state index is 5.48. The third-order valence-electron chi connectivity index (χ3n) is 4.01. The van der Waals surface area contributed by atoms with Gasteiger partial charge < -0.3 is 25.0 Å². The molecule has 0 aliphatic carbocycles. The van der Waals surface area contributed by atoms with Crippen LogP contribution in [0, 0.1) is 0 Å². The molecule has 6 nitrogen and oxygen atoms in total. The third-order valence-corrected chi connectivity index (χ3v) is 4.01. The summed E-state index contributed by atoms with van der Waals surface area (Å²) < 4.78 is 10.8. The van der Waals surface area contributed by atoms with E-state index in [0.717, 1.165) is 50.1 Å². The predicted molar refractivity (Wildman–Crippen MR) is 115 cm³/mol. The first kappa shape index (κ1) is 21.8. The zero-order chi connectivity index (χ0) is 17.2. The fraction of sp³-hybridized carbons (Fsp3) is 0.611. The van der Waals surface area contributed by atoms with Crippen LogP contribution in [-0.2, 0) is 4.74 Å². The second-order valence-corrected chi connectivity index (χ2v) is 5.71. The molecule has 0 amide bonds. The lowest BCUT2D eigenvalue weighted by molar-refractivity contribution is 0.155. The van der Waals surface area contributed by atoms with Gasteiger partial charge in [0.2, 0.25) is 0 Å². The molecule has 1 aliphatic rings. The summed E-state index contributed by atoms with van der Waals surface area (Å²) in [5.41, 5.74) is 1.16. The Morgan fingerprint density at radius 3 is 2.84 bits per heavy atom. The molecule has 1 unspecified atom stereocenters. The number of methoxy groups -OCH3 is 1. The van der Waals surface area contributed by atoms with Crippen molar-refractivity contribution in [3.63, 3.8) is 0 Å². The smallest absolute Gasteiger partial charge is 0.191 e. The molecule has 1 aliphatic heterocycles. The largest absolute Gasteiger partial charge is 0.495 e. The lowest BCUT2D eigenvalue weighted by Crippen LogP contribution is -2.44. The fourth-order valence-electron chi connectivity index (χ4n) is 2.87. The zero-order valence-electron chi connectivity index (χ0n) is 15.5. The molecule has 1 saturated heterocycles. The molecule has 142 valence electrons. The monoisotopic (exact) mass is 462 g/mol. The molecule has 0 spiro atoms. The molecule has 7 heteroatoms. The Balaban J connectivity index is 0.00000312. The number of aliphatic imine (C=N–C) groups is 1. The number of para-hydroxylation sites is 2. The molecule has 0 bridgehead atoms. The number of hydrogen-bond acceptors (Lipinski definition) is 4. The topological polar surface area (TPSA) is 58.1 Å². The minimum Gasteiger partial charge on any atom is -0.495 e. The second-order valence-electron chi connectivity index (χ2n) is 5.71. The summed E-state index contributed by atoms with van der Waals surface area (Å²) in [5, 5.41) is 6.84. The minimum atomic E-state index is 0. The summed E-state index contributed by atoms with van der Waals surface area (Å²) in [6.07, 6.45) is 1.08. The van der Waals surface area contributed by atoms with E-state index in [1.165, 1.54) is 0 Å². The third kappa shape index (κ3) is 6.89. The molecule has 25 heavy (non-hydrogen) atoms. The van der Waals surface area contributed by atoms with Crippen LogP contribution >= 0.6 is 24.0 Å². The van der Waals surface area contributed by atoms with Crippen LogP contribution in [-0.4, -0.2) is 58.5 Å². The molecule has 0 saturated carbocycles. The highest BCUT2D eigenvalue weighted by atomic mass is 127. The number of benzene rings is 1. The van der Waals surface area contributed by atoms with Crippen LogP contribution in [0.5, 0.6) is 5.75 Å². The van der Waals surface area contributed by atoms with Gasteiger partial charge in [-0.25, -0.2) is 0 Å². The van der Waals surface area contributed by atoms with Crippen LogP contribution < -0.4 is 20.3 Å². The van der Waals surface area contributed by atoms with Crippen LogP contribution in [0.2, 0.25) is 0 Å². The molecule has 2 N–H and O–H groups in total. The first-order chi connectivity index (χ1) is 11.8. The Hall–Kier alpha value is -1.22. The van der Waals surface area contributed by atoms with E-state index in [-0.39, 0.29) is 24.0 Å². The zero-order valence-corrected chi connectivity index (χ0v) is 17.8. The van der Waals surface area contributed by atoms with Crippen molar-refractivity contribution in [1.82, 2.24) is 10.6 Å². The molecule has 0 aromatic heterocycles. The summed E-state index contributed by atoms with van der Waals surface area (Å²) in [6.45, 7) is 8.94. The lowest BCUT2D eigenvalue weighted by Gasteiger charge is -2.22. The SMILES string of the molecule is CCNC(=NCCOCC)NC1CCN(c2ccccc2OC)C1.I. The highest BCUT2D eigenvalue weighted by Gasteiger charge is 2.25. The first-order valence-electron chi connectivity index (χ1n) is 8.79. The van der Waals surface area contributed by atoms with Gasteiger partial charge in [0, 0.05) is 32.3 Å². The molecule has 1 fully saturated rings. The highest BCUT2D eigenvalue weighted by molar-refractivity contribution is 14.0. The van der Waals surface area contributed by atoms with E-state index in [4.69, 9.17) is 9.47 Å². The van der Waals surface area contributed by atoms with Gasteiger partial charge in [0.15, 0.2) is 5.96 Å². The van der Waals surface area contributed by atoms with Crippen molar-refractivity contribution in [3.8, 4) is 5.75 Å². The Bertz CT molecular complexity index is 528. The Morgan fingerprint density at radius 2 is 2.12 bits per heavy atom. The minimum absolute atomic E-state index is 0. The second kappa shape index (κ2) is 12.2. The summed E-state index contributed by atoms with van der Waals surface area (Å²) in [7, 11) is 1.72. The van der Waals surface area contributed by atoms with Gasteiger partial charge in [0.1, 0.15) is 5.75 Å². The summed E-state index contributed by atoms with van der Waals surface area (Å²) >= 11 is 0. The molecule has 2 rings (SSSR count). The van der Waals surface area contributed by atoms with Crippen LogP contribution in [0.4, 0.5) is 5.69 Å². The number of ether oxygens (including phenoxy) is 2. The van der Waals surface area contributed by atoms with Gasteiger partial charge in [0.25, 0.3) is 0 Å². The molecule has 0 radical (unpaired) electrons. The van der Waals surface area contributed by atoms with Gasteiger partial charge in [0.05, 0.1) is 25.9 Å². The average molecular weight is 462 g/mol. The average Bonchev–Trinajstić information content (AvgIpc) is 3.07. The summed E-state index contributed by atoms with van der Waals surface area (Å²) in [5.74, 6) is 1.79. The van der Waals surface area contributed by atoms with E-state index in [9.17, 15) is 0 Å². The Labute approximate surface area is 168 Å². The number of nitrogens with one attached hydrogen (secondary N) is 2. The van der Waals surface area contributed by atoms with Crippen LogP contribution in [0.3, 0.4) is 0 Å². The molecule has 1 heterocycles. The number of rotatable bonds is 8. The first-order valence-corrected chi connectivity index (χ1v) is 8.79. The number of nitrogens with zero attached hydrogens (tertiary/aromatic N) is 2. The predicted octanol–water partition coefficient (Wildman–Crippen LogP) is 2.48. The highest BCUT2D eigenvalue weighted by Crippen LogP contribution is 2.30. The van der Waals surface area contributed by atoms with E-state index in [1.807, 2.05) is 19.1 Å². The van der Waals surface area contributed by atoms with Gasteiger partial charge in [-0.05, 0) is 32.4 Å². The van der Waals surface area contributed by atoms with Crippen molar-refractivity contribution in [2.24, 2.45) is 4.99 Å². The maximum atomic E-state index is 5.48. The van der Waals surface area contributed by atoms with Gasteiger partial charge in [-0.2, -0.15) is 0 Å². The number of anilines is 1. The van der Waals surface area contributed by atoms with E-state index in [2.05, 4.69) is 39.6 Å². The van der Waals surface area contributed by atoms with E-state index >= 15 is 0 Å². The quantitative estimate of drug-likeness (QED) is 0.269. The van der Waals surface area contributed by atoms with Crippen LogP contribution in [0.15, 0.2) is 29.3 Å². The normalized spacial score (nSPS) is 17.2. The number of hydrogen-bond donors (Lipinski definition) is 2. The van der Waals surface area contributed by atoms with Gasteiger partial charge >= 0.3 is 0 Å². The number of halogens is 1. The molecular formula is C18H31IN4O2. The van der Waals surface area contributed by atoms with Crippen molar-refractivity contribution >= 4 is 35.6 Å². The van der Waals surface area contributed by atoms with Gasteiger partial charge in [-0.15, -0.1) is 24.0 Å². The Morgan fingerprint density at radius 1 is 1.32 bits per heavy atom. The molecule has 1 atom stereocenters. The number of guanidine groups is 1. The van der Waals surface area contributed by atoms with Gasteiger partial charge in [-0.3, -0.25) is 4.99 Å². The van der Waals surface area contributed by atoms with Crippen molar-refractivity contribution in [3.05, 3.63) is 24.3 Å². The lowest BCUT2D eigenvalue weighted by atomic mass is 10.2. The summed E-state index contributed by atoms with van der Waals surface area (Å²) in [6, 6.07) is 8.55. The van der Waals surface area contributed by atoms with Gasteiger partial charge in [-0.1, -0.05) is 12.1 Å².